The average Bonchev–Trinajstić information content (AvgIpc) is 1.96. The van der Waals surface area contributed by atoms with Gasteiger partial charge in [-0.25, -0.2) is 4.79 Å². The highest BCUT2D eigenvalue weighted by Gasteiger charge is 2.33. The van der Waals surface area contributed by atoms with Gasteiger partial charge in [0.2, 0.25) is 0 Å². The Morgan fingerprint density at radius 2 is 2.00 bits per heavy atom. The second-order valence-corrected chi connectivity index (χ2v) is 4.60. The Morgan fingerprint density at radius 1 is 1.36 bits per heavy atom. The Bertz CT molecular complexity index is 208. The van der Waals surface area contributed by atoms with Gasteiger partial charge in [-0.05, 0) is 33.6 Å². The molecule has 0 aromatic rings. The van der Waals surface area contributed by atoms with E-state index in [4.69, 9.17) is 9.47 Å². The molecule has 1 aliphatic carbocycles. The first kappa shape index (κ1) is 11.3. The normalized spacial score (nSPS) is 26.6. The van der Waals surface area contributed by atoms with Crippen LogP contribution in [-0.4, -0.2) is 30.9 Å². The van der Waals surface area contributed by atoms with Gasteiger partial charge in [-0.1, -0.05) is 0 Å². The van der Waals surface area contributed by atoms with Gasteiger partial charge in [0.25, 0.3) is 0 Å². The number of carbonyl (C=O) groups is 1. The van der Waals surface area contributed by atoms with Crippen molar-refractivity contribution in [1.29, 1.82) is 0 Å². The van der Waals surface area contributed by atoms with Crippen LogP contribution in [0.3, 0.4) is 0 Å². The maximum absolute atomic E-state index is 11.3. The molecule has 4 nitrogen and oxygen atoms in total. The first-order valence-electron chi connectivity index (χ1n) is 4.94. The predicted octanol–water partition coefficient (Wildman–Crippen LogP) is 1.69. The number of hydrogen-bond acceptors (Lipinski definition) is 3. The lowest BCUT2D eigenvalue weighted by molar-refractivity contribution is -0.00381. The molecule has 82 valence electrons. The summed E-state index contributed by atoms with van der Waals surface area (Å²) >= 11 is 0. The topological polar surface area (TPSA) is 47.6 Å². The molecule has 0 unspecified atom stereocenters. The number of alkyl carbamates (subject to hydrolysis) is 1. The second-order valence-electron chi connectivity index (χ2n) is 4.60. The summed E-state index contributed by atoms with van der Waals surface area (Å²) in [7, 11) is 1.66. The van der Waals surface area contributed by atoms with Gasteiger partial charge in [-0.15, -0.1) is 0 Å². The molecule has 1 rings (SSSR count). The standard InChI is InChI=1S/C10H19NO3/c1-10(2,3)14-9(12)11-7-5-6-8(7)13-4/h7-8H,5-6H2,1-4H3,(H,11,12)/t7-,8+/m0/s1. The molecule has 0 aliphatic heterocycles. The molecule has 1 fully saturated rings. The first-order valence-corrected chi connectivity index (χ1v) is 4.94. The molecular formula is C10H19NO3. The Hall–Kier alpha value is -0.770. The van der Waals surface area contributed by atoms with Crippen molar-refractivity contribution in [1.82, 2.24) is 5.32 Å². The van der Waals surface area contributed by atoms with E-state index in [1.807, 2.05) is 20.8 Å². The number of hydrogen-bond donors (Lipinski definition) is 1. The number of carbonyl (C=O) groups excluding carboxylic acids is 1. The molecule has 2 atom stereocenters. The van der Waals surface area contributed by atoms with E-state index < -0.39 is 5.60 Å². The highest BCUT2D eigenvalue weighted by Crippen LogP contribution is 2.22. The van der Waals surface area contributed by atoms with Gasteiger partial charge >= 0.3 is 6.09 Å². The monoisotopic (exact) mass is 201 g/mol. The lowest BCUT2D eigenvalue weighted by Gasteiger charge is -2.36. The zero-order chi connectivity index (χ0) is 10.8. The summed E-state index contributed by atoms with van der Waals surface area (Å²) in [6, 6.07) is 0.120. The number of methoxy groups -OCH3 is 1. The molecule has 0 aromatic heterocycles. The molecule has 4 heteroatoms. The predicted molar refractivity (Wildman–Crippen MR) is 53.2 cm³/mol. The Kier molecular flexibility index (Phi) is 3.37. The van der Waals surface area contributed by atoms with Crippen LogP contribution in [0.5, 0.6) is 0 Å². The van der Waals surface area contributed by atoms with Gasteiger partial charge in [0.15, 0.2) is 0 Å². The summed E-state index contributed by atoms with van der Waals surface area (Å²) in [5, 5.41) is 2.79. The zero-order valence-corrected chi connectivity index (χ0v) is 9.29. The van der Waals surface area contributed by atoms with Crippen LogP contribution in [0.4, 0.5) is 4.79 Å². The third kappa shape index (κ3) is 3.18. The lowest BCUT2D eigenvalue weighted by Crippen LogP contribution is -2.52. The van der Waals surface area contributed by atoms with Crippen LogP contribution in [0.25, 0.3) is 0 Å². The van der Waals surface area contributed by atoms with E-state index in [0.717, 1.165) is 12.8 Å². The third-order valence-electron chi connectivity index (χ3n) is 2.22. The van der Waals surface area contributed by atoms with Gasteiger partial charge in [0, 0.05) is 7.11 Å². The Labute approximate surface area is 85.0 Å². The third-order valence-corrected chi connectivity index (χ3v) is 2.22. The maximum Gasteiger partial charge on any atom is 0.407 e. The minimum Gasteiger partial charge on any atom is -0.444 e. The summed E-state index contributed by atoms with van der Waals surface area (Å²) in [5.41, 5.74) is -0.434. The van der Waals surface area contributed by atoms with Gasteiger partial charge in [0.05, 0.1) is 12.1 Å². The molecule has 1 amide bonds. The summed E-state index contributed by atoms with van der Waals surface area (Å²) in [5.74, 6) is 0. The minimum absolute atomic E-state index is 0.120. The van der Waals surface area contributed by atoms with Crippen LogP contribution in [-0.2, 0) is 9.47 Å². The number of rotatable bonds is 2. The molecule has 0 bridgehead atoms. The van der Waals surface area contributed by atoms with Crippen molar-refractivity contribution in [3.8, 4) is 0 Å². The summed E-state index contributed by atoms with van der Waals surface area (Å²) in [4.78, 5) is 11.3. The van der Waals surface area contributed by atoms with Crippen molar-refractivity contribution in [2.45, 2.75) is 51.4 Å². The zero-order valence-electron chi connectivity index (χ0n) is 9.29. The van der Waals surface area contributed by atoms with Crippen LogP contribution in [0.2, 0.25) is 0 Å². The first-order chi connectivity index (χ1) is 6.42. The van der Waals surface area contributed by atoms with Crippen LogP contribution >= 0.6 is 0 Å². The molecule has 0 heterocycles. The van der Waals surface area contributed by atoms with E-state index in [1.54, 1.807) is 7.11 Å². The van der Waals surface area contributed by atoms with Gasteiger partial charge in [-0.2, -0.15) is 0 Å². The number of amides is 1. The average molecular weight is 201 g/mol. The molecule has 14 heavy (non-hydrogen) atoms. The van der Waals surface area contributed by atoms with Crippen molar-refractivity contribution in [3.05, 3.63) is 0 Å². The Balaban J connectivity index is 2.27. The van der Waals surface area contributed by atoms with E-state index in [1.165, 1.54) is 0 Å². The Morgan fingerprint density at radius 3 is 2.36 bits per heavy atom. The summed E-state index contributed by atoms with van der Waals surface area (Å²) in [6.07, 6.45) is 1.78. The molecular weight excluding hydrogens is 182 g/mol. The van der Waals surface area contributed by atoms with E-state index in [9.17, 15) is 4.79 Å². The smallest absolute Gasteiger partial charge is 0.407 e. The second kappa shape index (κ2) is 4.17. The minimum atomic E-state index is -0.434. The molecule has 1 saturated carbocycles. The van der Waals surface area contributed by atoms with E-state index in [0.29, 0.717) is 0 Å². The van der Waals surface area contributed by atoms with E-state index in [-0.39, 0.29) is 18.2 Å². The molecule has 0 saturated heterocycles. The highest BCUT2D eigenvalue weighted by molar-refractivity contribution is 5.68. The van der Waals surface area contributed by atoms with E-state index in [2.05, 4.69) is 5.32 Å². The molecule has 0 spiro atoms. The molecule has 0 radical (unpaired) electrons. The lowest BCUT2D eigenvalue weighted by atomic mass is 9.89. The van der Waals surface area contributed by atoms with Crippen molar-refractivity contribution < 1.29 is 14.3 Å². The van der Waals surface area contributed by atoms with E-state index >= 15 is 0 Å². The quantitative estimate of drug-likeness (QED) is 0.739. The van der Waals surface area contributed by atoms with Crippen molar-refractivity contribution in [2.24, 2.45) is 0 Å². The fourth-order valence-electron chi connectivity index (χ4n) is 1.38. The van der Waals surface area contributed by atoms with Crippen molar-refractivity contribution in [2.75, 3.05) is 7.11 Å². The molecule has 0 aromatic carbocycles. The number of nitrogens with one attached hydrogen (secondary N) is 1. The van der Waals surface area contributed by atoms with Crippen LogP contribution in [0.15, 0.2) is 0 Å². The van der Waals surface area contributed by atoms with Gasteiger partial charge < -0.3 is 14.8 Å². The van der Waals surface area contributed by atoms with Crippen molar-refractivity contribution >= 4 is 6.09 Å². The highest BCUT2D eigenvalue weighted by atomic mass is 16.6. The van der Waals surface area contributed by atoms with Crippen molar-refractivity contribution in [3.63, 3.8) is 0 Å². The fraction of sp³-hybridized carbons (Fsp3) is 0.900. The maximum atomic E-state index is 11.3. The van der Waals surface area contributed by atoms with Gasteiger partial charge in [-0.3, -0.25) is 0 Å². The number of ether oxygens (including phenoxy) is 2. The fourth-order valence-corrected chi connectivity index (χ4v) is 1.38. The summed E-state index contributed by atoms with van der Waals surface area (Å²) in [6.45, 7) is 5.55. The van der Waals surface area contributed by atoms with Crippen LogP contribution in [0.1, 0.15) is 33.6 Å². The summed E-state index contributed by atoms with van der Waals surface area (Å²) < 4.78 is 10.3. The van der Waals surface area contributed by atoms with Crippen LogP contribution < -0.4 is 5.32 Å². The molecule has 1 aliphatic rings. The molecule has 1 N–H and O–H groups in total. The van der Waals surface area contributed by atoms with Crippen LogP contribution in [0, 0.1) is 0 Å². The largest absolute Gasteiger partial charge is 0.444 e. The van der Waals surface area contributed by atoms with Gasteiger partial charge in [0.1, 0.15) is 5.60 Å². The SMILES string of the molecule is CO[C@@H]1CC[C@@H]1NC(=O)OC(C)(C)C.